The lowest BCUT2D eigenvalue weighted by molar-refractivity contribution is -0.114. The number of carbonyl (C=O) groups is 1. The van der Waals surface area contributed by atoms with Gasteiger partial charge in [0.25, 0.3) is 5.91 Å². The molecule has 0 saturated heterocycles. The molecule has 3 heterocycles. The molecule has 0 aliphatic carbocycles. The molecule has 0 radical (unpaired) electrons. The molecule has 2 aliphatic rings. The normalized spacial score (nSPS) is 16.8. The predicted octanol–water partition coefficient (Wildman–Crippen LogP) is 6.24. The van der Waals surface area contributed by atoms with Crippen molar-refractivity contribution in [2.45, 2.75) is 26.8 Å². The lowest BCUT2D eigenvalue weighted by Crippen LogP contribution is -2.35. The van der Waals surface area contributed by atoms with E-state index in [4.69, 9.17) is 21.7 Å². The van der Waals surface area contributed by atoms with E-state index in [9.17, 15) is 4.79 Å². The summed E-state index contributed by atoms with van der Waals surface area (Å²) in [6, 6.07) is 13.7. The summed E-state index contributed by atoms with van der Waals surface area (Å²) in [5.74, 6) is 0.585. The molecular weight excluding hydrogens is 468 g/mol. The van der Waals surface area contributed by atoms with Crippen molar-refractivity contribution in [2.75, 3.05) is 6.61 Å². The van der Waals surface area contributed by atoms with Crippen LogP contribution in [0.5, 0.6) is 5.75 Å². The number of thioether (sulfide) groups is 1. The monoisotopic (exact) mass is 490 g/mol. The number of aliphatic imine (C=N–C) groups is 1. The summed E-state index contributed by atoms with van der Waals surface area (Å²) in [6.45, 7) is 5.23. The summed E-state index contributed by atoms with van der Waals surface area (Å²) in [4.78, 5) is 19.6. The van der Waals surface area contributed by atoms with Gasteiger partial charge in [-0.25, -0.2) is 0 Å². The second-order valence-electron chi connectivity index (χ2n) is 8.23. The number of allylic oxidation sites excluding steroid dienone is 1. The van der Waals surface area contributed by atoms with Crippen LogP contribution in [0, 0.1) is 12.3 Å². The van der Waals surface area contributed by atoms with Crippen LogP contribution in [-0.2, 0) is 11.3 Å². The zero-order valence-electron chi connectivity index (χ0n) is 18.8. The third kappa shape index (κ3) is 4.29. The number of aromatic nitrogens is 1. The highest BCUT2D eigenvalue weighted by atomic mass is 35.5. The SMILES string of the molecule is CC1=CN2C(=N)/C(=C/c3cn(CCCOc4ccc(Cl)c(C)c4)c4ccccc34)C(=O)N=C2S1. The average molecular weight is 491 g/mol. The van der Waals surface area contributed by atoms with Gasteiger partial charge in [0.15, 0.2) is 5.17 Å². The molecule has 1 aromatic heterocycles. The number of nitrogens with one attached hydrogen (secondary N) is 1. The fourth-order valence-electron chi connectivity index (χ4n) is 4.06. The van der Waals surface area contributed by atoms with E-state index in [1.807, 2.05) is 62.6 Å². The molecule has 1 N–H and O–H groups in total. The van der Waals surface area contributed by atoms with Crippen molar-refractivity contribution < 1.29 is 9.53 Å². The number of amides is 1. The van der Waals surface area contributed by atoms with Gasteiger partial charge in [0.2, 0.25) is 0 Å². The molecule has 0 bridgehead atoms. The van der Waals surface area contributed by atoms with Crippen molar-refractivity contribution in [2.24, 2.45) is 4.99 Å². The maximum absolute atomic E-state index is 12.7. The Kier molecular flexibility index (Phi) is 6.06. The minimum absolute atomic E-state index is 0.155. The predicted molar refractivity (Wildman–Crippen MR) is 140 cm³/mol. The van der Waals surface area contributed by atoms with Crippen LogP contribution < -0.4 is 4.74 Å². The van der Waals surface area contributed by atoms with Crippen LogP contribution in [0.25, 0.3) is 17.0 Å². The summed E-state index contributed by atoms with van der Waals surface area (Å²) in [5.41, 5.74) is 3.25. The molecule has 6 nitrogen and oxygen atoms in total. The highest BCUT2D eigenvalue weighted by Gasteiger charge is 2.33. The van der Waals surface area contributed by atoms with E-state index < -0.39 is 0 Å². The maximum atomic E-state index is 12.7. The summed E-state index contributed by atoms with van der Waals surface area (Å²) in [5, 5.41) is 10.9. The van der Waals surface area contributed by atoms with Gasteiger partial charge >= 0.3 is 0 Å². The van der Waals surface area contributed by atoms with Crippen LogP contribution in [-0.4, -0.2) is 33.0 Å². The number of carbonyl (C=O) groups excluding carboxylic acids is 1. The first-order valence-electron chi connectivity index (χ1n) is 11.0. The molecule has 0 saturated carbocycles. The number of rotatable bonds is 6. The Balaban J connectivity index is 1.36. The summed E-state index contributed by atoms with van der Waals surface area (Å²) >= 11 is 7.50. The number of benzene rings is 2. The van der Waals surface area contributed by atoms with E-state index in [0.29, 0.717) is 17.3 Å². The van der Waals surface area contributed by atoms with Crippen molar-refractivity contribution in [1.29, 1.82) is 5.41 Å². The van der Waals surface area contributed by atoms with Crippen molar-refractivity contribution in [1.82, 2.24) is 9.47 Å². The largest absolute Gasteiger partial charge is 0.494 e. The van der Waals surface area contributed by atoms with E-state index >= 15 is 0 Å². The second kappa shape index (κ2) is 9.16. The molecule has 0 unspecified atom stereocenters. The first-order valence-corrected chi connectivity index (χ1v) is 12.2. The molecule has 0 atom stereocenters. The first kappa shape index (κ1) is 22.5. The van der Waals surface area contributed by atoms with Gasteiger partial charge in [0.1, 0.15) is 11.6 Å². The third-order valence-corrected chi connectivity index (χ3v) is 7.08. The summed E-state index contributed by atoms with van der Waals surface area (Å²) in [6.07, 6.45) is 6.47. The first-order chi connectivity index (χ1) is 16.4. The quantitative estimate of drug-likeness (QED) is 0.328. The molecule has 34 heavy (non-hydrogen) atoms. The minimum Gasteiger partial charge on any atom is -0.494 e. The lowest BCUT2D eigenvalue weighted by Gasteiger charge is -2.22. The van der Waals surface area contributed by atoms with Gasteiger partial charge in [0.05, 0.1) is 12.2 Å². The number of amidine groups is 2. The topological polar surface area (TPSA) is 70.7 Å². The molecule has 0 spiro atoms. The fourth-order valence-corrected chi connectivity index (χ4v) is 5.00. The Morgan fingerprint density at radius 1 is 1.21 bits per heavy atom. The highest BCUT2D eigenvalue weighted by Crippen LogP contribution is 2.33. The van der Waals surface area contributed by atoms with E-state index in [0.717, 1.165) is 50.7 Å². The van der Waals surface area contributed by atoms with Crippen LogP contribution in [0.2, 0.25) is 5.02 Å². The van der Waals surface area contributed by atoms with E-state index in [1.54, 1.807) is 11.0 Å². The molecule has 3 aromatic rings. The van der Waals surface area contributed by atoms with Crippen molar-refractivity contribution >= 4 is 57.3 Å². The van der Waals surface area contributed by atoms with Gasteiger partial charge < -0.3 is 9.30 Å². The highest BCUT2D eigenvalue weighted by molar-refractivity contribution is 8.17. The number of hydrogen-bond acceptors (Lipinski definition) is 4. The molecule has 172 valence electrons. The van der Waals surface area contributed by atoms with Gasteiger partial charge in [0, 0.05) is 45.3 Å². The number of nitrogens with zero attached hydrogens (tertiary/aromatic N) is 3. The molecule has 2 aliphatic heterocycles. The number of hydrogen-bond donors (Lipinski definition) is 1. The van der Waals surface area contributed by atoms with Crippen LogP contribution in [0.1, 0.15) is 24.5 Å². The Morgan fingerprint density at radius 2 is 2.03 bits per heavy atom. The Labute approximate surface area is 207 Å². The zero-order valence-corrected chi connectivity index (χ0v) is 20.4. The van der Waals surface area contributed by atoms with E-state index in [2.05, 4.69) is 15.6 Å². The maximum Gasteiger partial charge on any atom is 0.283 e. The Bertz CT molecular complexity index is 1420. The summed E-state index contributed by atoms with van der Waals surface area (Å²) in [7, 11) is 0. The van der Waals surface area contributed by atoms with Crippen LogP contribution in [0.15, 0.2) is 70.3 Å². The molecule has 5 rings (SSSR count). The van der Waals surface area contributed by atoms with Crippen LogP contribution in [0.4, 0.5) is 0 Å². The summed E-state index contributed by atoms with van der Waals surface area (Å²) < 4.78 is 8.06. The molecule has 8 heteroatoms. The van der Waals surface area contributed by atoms with Gasteiger partial charge in [-0.1, -0.05) is 41.6 Å². The minimum atomic E-state index is -0.379. The number of ether oxygens (including phenoxy) is 1. The Hall–Kier alpha value is -3.29. The number of fused-ring (bicyclic) bond motifs is 2. The van der Waals surface area contributed by atoms with E-state index in [1.165, 1.54) is 11.8 Å². The molecule has 1 amide bonds. The average Bonchev–Trinajstić information content (AvgIpc) is 3.36. The van der Waals surface area contributed by atoms with Gasteiger partial charge in [-0.3, -0.25) is 15.1 Å². The fraction of sp³-hybridized carbons (Fsp3) is 0.192. The number of halogens is 1. The van der Waals surface area contributed by atoms with Gasteiger partial charge in [-0.15, -0.1) is 0 Å². The van der Waals surface area contributed by atoms with Crippen molar-refractivity contribution in [3.05, 3.63) is 81.5 Å². The second-order valence-corrected chi connectivity index (χ2v) is 9.85. The number of para-hydroxylation sites is 1. The van der Waals surface area contributed by atoms with Gasteiger partial charge in [-0.05, 0) is 56.2 Å². The van der Waals surface area contributed by atoms with Crippen molar-refractivity contribution in [3.63, 3.8) is 0 Å². The Morgan fingerprint density at radius 3 is 2.85 bits per heavy atom. The molecule has 2 aromatic carbocycles. The lowest BCUT2D eigenvalue weighted by atomic mass is 10.1. The third-order valence-electron chi connectivity index (χ3n) is 5.75. The number of aryl methyl sites for hydroxylation is 2. The van der Waals surface area contributed by atoms with Crippen molar-refractivity contribution in [3.8, 4) is 5.75 Å². The van der Waals surface area contributed by atoms with Crippen LogP contribution in [0.3, 0.4) is 0 Å². The van der Waals surface area contributed by atoms with Crippen LogP contribution >= 0.6 is 23.4 Å². The van der Waals surface area contributed by atoms with Gasteiger partial charge in [-0.2, -0.15) is 4.99 Å². The van der Waals surface area contributed by atoms with E-state index in [-0.39, 0.29) is 11.7 Å². The smallest absolute Gasteiger partial charge is 0.283 e. The molecular formula is C26H23ClN4O2S. The molecule has 0 fully saturated rings. The zero-order chi connectivity index (χ0) is 23.8. The standard InChI is InChI=1S/C26H23ClN4O2S/c1-16-12-19(8-9-22(16)27)33-11-5-10-30-15-18(20-6-3-4-7-23(20)30)13-21-24(28)31-14-17(2)34-26(31)29-25(21)32/h3-4,6-9,12-15,28H,5,10-11H2,1-2H3/b21-13-,28-24?.